The average Bonchev–Trinajstić information content (AvgIpc) is 3.11. The van der Waals surface area contributed by atoms with Gasteiger partial charge in [-0.1, -0.05) is 65.2 Å². The van der Waals surface area contributed by atoms with Crippen molar-refractivity contribution in [2.45, 2.75) is 84.1 Å². The van der Waals surface area contributed by atoms with Gasteiger partial charge in [-0.05, 0) is 12.8 Å². The zero-order chi connectivity index (χ0) is 11.6. The van der Waals surface area contributed by atoms with Crippen molar-refractivity contribution in [3.05, 3.63) is 0 Å². The number of nitrogens with zero attached hydrogens (tertiary/aromatic N) is 1. The van der Waals surface area contributed by atoms with Crippen molar-refractivity contribution >= 4 is 0 Å². The van der Waals surface area contributed by atoms with Crippen LogP contribution in [0.15, 0.2) is 0 Å². The summed E-state index contributed by atoms with van der Waals surface area (Å²) in [6, 6.07) is 0.939. The minimum Gasteiger partial charge on any atom is -0.298 e. The quantitative estimate of drug-likeness (QED) is 0.366. The fourth-order valence-electron chi connectivity index (χ4n) is 2.55. The average molecular weight is 225 g/mol. The second-order valence-electron chi connectivity index (χ2n) is 5.39. The first-order valence-electron chi connectivity index (χ1n) is 7.62. The van der Waals surface area contributed by atoms with Gasteiger partial charge in [-0.2, -0.15) is 0 Å². The van der Waals surface area contributed by atoms with Gasteiger partial charge in [-0.25, -0.2) is 0 Å². The van der Waals surface area contributed by atoms with Crippen LogP contribution >= 0.6 is 0 Å². The summed E-state index contributed by atoms with van der Waals surface area (Å²) in [4.78, 5) is 2.68. The predicted octanol–water partition coefficient (Wildman–Crippen LogP) is 4.61. The molecule has 0 bridgehead atoms. The standard InChI is InChI=1S/C15H31N/c1-3-5-7-9-11-15(16-13-14-16)12-10-8-6-4-2/h15H,3-14H2,1-2H3. The van der Waals surface area contributed by atoms with E-state index in [9.17, 15) is 0 Å². The summed E-state index contributed by atoms with van der Waals surface area (Å²) >= 11 is 0. The normalized spacial score (nSPS) is 15.9. The van der Waals surface area contributed by atoms with Crippen molar-refractivity contribution in [3.63, 3.8) is 0 Å². The monoisotopic (exact) mass is 225 g/mol. The highest BCUT2D eigenvalue weighted by Crippen LogP contribution is 2.22. The molecule has 0 amide bonds. The molecule has 0 spiro atoms. The molecule has 1 heterocycles. The van der Waals surface area contributed by atoms with Crippen LogP contribution in [0, 0.1) is 0 Å². The Bertz CT molecular complexity index is 140. The molecule has 0 aromatic heterocycles. The van der Waals surface area contributed by atoms with Crippen LogP contribution in [0.5, 0.6) is 0 Å². The molecule has 0 aromatic carbocycles. The molecule has 1 fully saturated rings. The van der Waals surface area contributed by atoms with Gasteiger partial charge >= 0.3 is 0 Å². The van der Waals surface area contributed by atoms with E-state index in [0.29, 0.717) is 0 Å². The smallest absolute Gasteiger partial charge is 0.0113 e. The van der Waals surface area contributed by atoms with Crippen molar-refractivity contribution in [3.8, 4) is 0 Å². The van der Waals surface area contributed by atoms with E-state index in [1.807, 2.05) is 0 Å². The van der Waals surface area contributed by atoms with Crippen molar-refractivity contribution in [2.24, 2.45) is 0 Å². The number of hydrogen-bond donors (Lipinski definition) is 0. The predicted molar refractivity (Wildman–Crippen MR) is 72.9 cm³/mol. The van der Waals surface area contributed by atoms with E-state index in [1.165, 1.54) is 77.3 Å². The lowest BCUT2D eigenvalue weighted by Crippen LogP contribution is -2.18. The van der Waals surface area contributed by atoms with Crippen LogP contribution in [0.3, 0.4) is 0 Å². The first kappa shape index (κ1) is 14.0. The van der Waals surface area contributed by atoms with Gasteiger partial charge < -0.3 is 0 Å². The van der Waals surface area contributed by atoms with Crippen molar-refractivity contribution in [1.82, 2.24) is 4.90 Å². The third-order valence-corrected chi connectivity index (χ3v) is 3.78. The van der Waals surface area contributed by atoms with Crippen LogP contribution in [0.4, 0.5) is 0 Å². The molecule has 1 saturated heterocycles. The molecule has 96 valence electrons. The Morgan fingerprint density at radius 3 is 1.62 bits per heavy atom. The Hall–Kier alpha value is -0.0400. The molecule has 0 atom stereocenters. The highest BCUT2D eigenvalue weighted by molar-refractivity contribution is 4.82. The molecule has 1 nitrogen and oxygen atoms in total. The second-order valence-corrected chi connectivity index (χ2v) is 5.39. The van der Waals surface area contributed by atoms with E-state index in [2.05, 4.69) is 18.7 Å². The second kappa shape index (κ2) is 9.04. The molecule has 0 N–H and O–H groups in total. The Balaban J connectivity index is 2.01. The van der Waals surface area contributed by atoms with Gasteiger partial charge in [0, 0.05) is 19.1 Å². The molecule has 0 unspecified atom stereocenters. The summed E-state index contributed by atoms with van der Waals surface area (Å²) in [6.45, 7) is 7.36. The van der Waals surface area contributed by atoms with E-state index in [-0.39, 0.29) is 0 Å². The summed E-state index contributed by atoms with van der Waals surface area (Å²) < 4.78 is 0. The first-order chi connectivity index (χ1) is 7.88. The molecule has 0 aliphatic carbocycles. The van der Waals surface area contributed by atoms with Crippen LogP contribution in [0.2, 0.25) is 0 Å². The topological polar surface area (TPSA) is 3.01 Å². The lowest BCUT2D eigenvalue weighted by atomic mass is 10.0. The first-order valence-corrected chi connectivity index (χ1v) is 7.62. The zero-order valence-corrected chi connectivity index (χ0v) is 11.5. The van der Waals surface area contributed by atoms with Gasteiger partial charge in [-0.15, -0.1) is 0 Å². The van der Waals surface area contributed by atoms with Gasteiger partial charge in [0.1, 0.15) is 0 Å². The maximum absolute atomic E-state index is 2.68. The summed E-state index contributed by atoms with van der Waals surface area (Å²) in [5, 5.41) is 0. The van der Waals surface area contributed by atoms with Crippen LogP contribution < -0.4 is 0 Å². The highest BCUT2D eigenvalue weighted by Gasteiger charge is 2.26. The molecule has 1 heteroatoms. The molecular weight excluding hydrogens is 194 g/mol. The van der Waals surface area contributed by atoms with Gasteiger partial charge in [0.2, 0.25) is 0 Å². The van der Waals surface area contributed by atoms with E-state index in [1.54, 1.807) is 0 Å². The number of hydrogen-bond acceptors (Lipinski definition) is 1. The van der Waals surface area contributed by atoms with Gasteiger partial charge in [0.25, 0.3) is 0 Å². The molecular formula is C15H31N. The third-order valence-electron chi connectivity index (χ3n) is 3.78. The van der Waals surface area contributed by atoms with E-state index >= 15 is 0 Å². The molecule has 1 rings (SSSR count). The SMILES string of the molecule is CCCCCCC(CCCCCC)N1CC1. The van der Waals surface area contributed by atoms with Crippen molar-refractivity contribution < 1.29 is 0 Å². The molecule has 0 radical (unpaired) electrons. The third kappa shape index (κ3) is 6.52. The van der Waals surface area contributed by atoms with Crippen molar-refractivity contribution in [2.75, 3.05) is 13.1 Å². The van der Waals surface area contributed by atoms with Crippen molar-refractivity contribution in [1.29, 1.82) is 0 Å². The highest BCUT2D eigenvalue weighted by atomic mass is 15.3. The Labute approximate surface area is 103 Å². The van der Waals surface area contributed by atoms with Crippen LogP contribution in [0.1, 0.15) is 78.1 Å². The summed E-state index contributed by atoms with van der Waals surface area (Å²) in [5.41, 5.74) is 0. The largest absolute Gasteiger partial charge is 0.298 e. The van der Waals surface area contributed by atoms with Crippen LogP contribution in [-0.2, 0) is 0 Å². The minimum absolute atomic E-state index is 0.939. The fourth-order valence-corrected chi connectivity index (χ4v) is 2.55. The Morgan fingerprint density at radius 2 is 1.25 bits per heavy atom. The van der Waals surface area contributed by atoms with Crippen LogP contribution in [-0.4, -0.2) is 24.0 Å². The molecule has 1 aliphatic rings. The zero-order valence-electron chi connectivity index (χ0n) is 11.5. The van der Waals surface area contributed by atoms with Gasteiger partial charge in [0.15, 0.2) is 0 Å². The lowest BCUT2D eigenvalue weighted by Gasteiger charge is -2.17. The summed E-state index contributed by atoms with van der Waals surface area (Å²) in [5.74, 6) is 0. The Morgan fingerprint density at radius 1 is 0.750 bits per heavy atom. The van der Waals surface area contributed by atoms with E-state index < -0.39 is 0 Å². The van der Waals surface area contributed by atoms with Gasteiger partial charge in [-0.3, -0.25) is 4.90 Å². The molecule has 0 saturated carbocycles. The molecule has 0 aromatic rings. The Kier molecular flexibility index (Phi) is 7.92. The van der Waals surface area contributed by atoms with E-state index in [4.69, 9.17) is 0 Å². The maximum atomic E-state index is 2.68. The minimum atomic E-state index is 0.939. The maximum Gasteiger partial charge on any atom is 0.0113 e. The lowest BCUT2D eigenvalue weighted by molar-refractivity contribution is 0.331. The fraction of sp³-hybridized carbons (Fsp3) is 1.00. The summed E-state index contributed by atoms with van der Waals surface area (Å²) in [6.07, 6.45) is 14.4. The van der Waals surface area contributed by atoms with E-state index in [0.717, 1.165) is 6.04 Å². The van der Waals surface area contributed by atoms with Gasteiger partial charge in [0.05, 0.1) is 0 Å². The molecule has 1 aliphatic heterocycles. The van der Waals surface area contributed by atoms with Crippen LogP contribution in [0.25, 0.3) is 0 Å². The number of rotatable bonds is 11. The molecule has 16 heavy (non-hydrogen) atoms. The summed E-state index contributed by atoms with van der Waals surface area (Å²) in [7, 11) is 0. The number of unbranched alkanes of at least 4 members (excludes halogenated alkanes) is 6.